The van der Waals surface area contributed by atoms with Crippen LogP contribution >= 0.6 is 0 Å². The summed E-state index contributed by atoms with van der Waals surface area (Å²) in [6, 6.07) is -0.800. The fraction of sp³-hybridized carbons (Fsp3) is 0.667. The zero-order valence-electron chi connectivity index (χ0n) is 8.07. The van der Waals surface area contributed by atoms with E-state index >= 15 is 0 Å². The minimum atomic E-state index is -0.954. The standard InChI is InChI=1S/C9H18N2O2/c1-3-5-11(6-4-2)7-8(10)9(12)13/h3,8H,1,4-7,10H2,2H3,(H,12,13). The number of hydrogen-bond donors (Lipinski definition) is 2. The molecule has 0 spiro atoms. The SMILES string of the molecule is C=CCN(CCC)CC(N)C(=O)O. The lowest BCUT2D eigenvalue weighted by atomic mass is 10.2. The molecule has 1 unspecified atom stereocenters. The summed E-state index contributed by atoms with van der Waals surface area (Å²) in [6.45, 7) is 7.58. The lowest BCUT2D eigenvalue weighted by Gasteiger charge is -2.21. The maximum absolute atomic E-state index is 10.5. The van der Waals surface area contributed by atoms with Gasteiger partial charge in [-0.1, -0.05) is 13.0 Å². The average molecular weight is 186 g/mol. The highest BCUT2D eigenvalue weighted by atomic mass is 16.4. The molecule has 1 atom stereocenters. The van der Waals surface area contributed by atoms with Crippen molar-refractivity contribution in [2.24, 2.45) is 5.73 Å². The average Bonchev–Trinajstić information content (AvgIpc) is 2.05. The molecule has 0 fully saturated rings. The van der Waals surface area contributed by atoms with E-state index in [-0.39, 0.29) is 0 Å². The first-order valence-corrected chi connectivity index (χ1v) is 4.43. The van der Waals surface area contributed by atoms with E-state index in [2.05, 4.69) is 6.58 Å². The third kappa shape index (κ3) is 5.38. The number of aliphatic carboxylic acids is 1. The molecule has 0 heterocycles. The Labute approximate surface area is 79.0 Å². The van der Waals surface area contributed by atoms with Crippen molar-refractivity contribution >= 4 is 5.97 Å². The van der Waals surface area contributed by atoms with Crippen LogP contribution in [0.5, 0.6) is 0 Å². The van der Waals surface area contributed by atoms with E-state index in [4.69, 9.17) is 10.8 Å². The van der Waals surface area contributed by atoms with Gasteiger partial charge in [0, 0.05) is 13.1 Å². The van der Waals surface area contributed by atoms with Crippen molar-refractivity contribution in [3.05, 3.63) is 12.7 Å². The zero-order chi connectivity index (χ0) is 10.3. The Kier molecular flexibility index (Phi) is 6.18. The summed E-state index contributed by atoms with van der Waals surface area (Å²) in [4.78, 5) is 12.4. The lowest BCUT2D eigenvalue weighted by Crippen LogP contribution is -2.43. The summed E-state index contributed by atoms with van der Waals surface area (Å²) < 4.78 is 0. The Balaban J connectivity index is 3.92. The predicted octanol–water partition coefficient (Wildman–Crippen LogP) is 0.296. The van der Waals surface area contributed by atoms with Gasteiger partial charge in [0.2, 0.25) is 0 Å². The van der Waals surface area contributed by atoms with Crippen LogP contribution in [0.25, 0.3) is 0 Å². The number of nitrogens with two attached hydrogens (primary N) is 1. The smallest absolute Gasteiger partial charge is 0.321 e. The van der Waals surface area contributed by atoms with E-state index < -0.39 is 12.0 Å². The van der Waals surface area contributed by atoms with Gasteiger partial charge in [-0.25, -0.2) is 0 Å². The van der Waals surface area contributed by atoms with Gasteiger partial charge in [-0.3, -0.25) is 9.69 Å². The quantitative estimate of drug-likeness (QED) is 0.561. The highest BCUT2D eigenvalue weighted by Gasteiger charge is 2.14. The molecule has 0 aliphatic rings. The van der Waals surface area contributed by atoms with Crippen molar-refractivity contribution < 1.29 is 9.90 Å². The number of carboxylic acid groups (broad SMARTS) is 1. The van der Waals surface area contributed by atoms with E-state index in [1.165, 1.54) is 0 Å². The first-order chi connectivity index (χ1) is 6.11. The molecule has 0 aliphatic carbocycles. The third-order valence-corrected chi connectivity index (χ3v) is 1.70. The molecule has 3 N–H and O–H groups in total. The minimum absolute atomic E-state index is 0.384. The molecule has 0 aromatic rings. The van der Waals surface area contributed by atoms with Gasteiger partial charge in [-0.15, -0.1) is 6.58 Å². The summed E-state index contributed by atoms with van der Waals surface area (Å²) >= 11 is 0. The topological polar surface area (TPSA) is 66.6 Å². The van der Waals surface area contributed by atoms with E-state index in [0.717, 1.165) is 13.0 Å². The van der Waals surface area contributed by atoms with E-state index in [1.807, 2.05) is 11.8 Å². The summed E-state index contributed by atoms with van der Waals surface area (Å²) in [7, 11) is 0. The van der Waals surface area contributed by atoms with Crippen molar-refractivity contribution in [2.45, 2.75) is 19.4 Å². The van der Waals surface area contributed by atoms with Crippen molar-refractivity contribution in [3.63, 3.8) is 0 Å². The van der Waals surface area contributed by atoms with Crippen LogP contribution in [-0.2, 0) is 4.79 Å². The van der Waals surface area contributed by atoms with Crippen molar-refractivity contribution in [1.82, 2.24) is 4.90 Å². The van der Waals surface area contributed by atoms with Crippen LogP contribution in [0.1, 0.15) is 13.3 Å². The number of rotatable bonds is 7. The molecule has 4 nitrogen and oxygen atoms in total. The summed E-state index contributed by atoms with van der Waals surface area (Å²) in [6.07, 6.45) is 2.74. The number of hydrogen-bond acceptors (Lipinski definition) is 3. The number of carbonyl (C=O) groups is 1. The van der Waals surface area contributed by atoms with E-state index in [0.29, 0.717) is 13.1 Å². The molecule has 13 heavy (non-hydrogen) atoms. The predicted molar refractivity (Wildman–Crippen MR) is 52.5 cm³/mol. The molecule has 0 amide bonds. The fourth-order valence-electron chi connectivity index (χ4n) is 1.11. The van der Waals surface area contributed by atoms with Crippen LogP contribution in [0.4, 0.5) is 0 Å². The zero-order valence-corrected chi connectivity index (χ0v) is 8.07. The normalized spacial score (nSPS) is 12.8. The monoisotopic (exact) mass is 186 g/mol. The lowest BCUT2D eigenvalue weighted by molar-refractivity contribution is -0.138. The highest BCUT2D eigenvalue weighted by Crippen LogP contribution is 1.94. The van der Waals surface area contributed by atoms with Gasteiger partial charge in [0.05, 0.1) is 0 Å². The van der Waals surface area contributed by atoms with Crippen LogP contribution in [0.3, 0.4) is 0 Å². The fourth-order valence-corrected chi connectivity index (χ4v) is 1.11. The van der Waals surface area contributed by atoms with Gasteiger partial charge >= 0.3 is 5.97 Å². The second kappa shape index (κ2) is 6.62. The first-order valence-electron chi connectivity index (χ1n) is 4.43. The van der Waals surface area contributed by atoms with Crippen molar-refractivity contribution in [1.29, 1.82) is 0 Å². The maximum Gasteiger partial charge on any atom is 0.321 e. The van der Waals surface area contributed by atoms with Gasteiger partial charge in [-0.2, -0.15) is 0 Å². The summed E-state index contributed by atoms with van der Waals surface area (Å²) in [5, 5.41) is 8.59. The van der Waals surface area contributed by atoms with Crippen LogP contribution in [-0.4, -0.2) is 41.7 Å². The van der Waals surface area contributed by atoms with Crippen molar-refractivity contribution in [3.8, 4) is 0 Å². The van der Waals surface area contributed by atoms with Crippen LogP contribution in [0.2, 0.25) is 0 Å². The van der Waals surface area contributed by atoms with E-state index in [1.54, 1.807) is 6.08 Å². The largest absolute Gasteiger partial charge is 0.480 e. The minimum Gasteiger partial charge on any atom is -0.480 e. The first kappa shape index (κ1) is 12.1. The molecule has 0 aromatic carbocycles. The second-order valence-electron chi connectivity index (χ2n) is 2.99. The molecule has 0 saturated carbocycles. The van der Waals surface area contributed by atoms with Crippen LogP contribution in [0, 0.1) is 0 Å². The number of carboxylic acids is 1. The molecule has 0 aromatic heterocycles. The summed E-state index contributed by atoms with van der Waals surface area (Å²) in [5.74, 6) is -0.954. The van der Waals surface area contributed by atoms with Crippen LogP contribution in [0.15, 0.2) is 12.7 Å². The molecule has 0 aliphatic heterocycles. The Hall–Kier alpha value is -0.870. The Bertz CT molecular complexity index is 171. The van der Waals surface area contributed by atoms with Gasteiger partial charge < -0.3 is 10.8 Å². The summed E-state index contributed by atoms with van der Waals surface area (Å²) in [5.41, 5.74) is 5.40. The van der Waals surface area contributed by atoms with E-state index in [9.17, 15) is 4.79 Å². The van der Waals surface area contributed by atoms with Gasteiger partial charge in [0.1, 0.15) is 6.04 Å². The molecule has 4 heteroatoms. The molecular weight excluding hydrogens is 168 g/mol. The van der Waals surface area contributed by atoms with Crippen LogP contribution < -0.4 is 5.73 Å². The Morgan fingerprint density at radius 3 is 2.77 bits per heavy atom. The molecule has 0 rings (SSSR count). The molecular formula is C9H18N2O2. The Morgan fingerprint density at radius 1 is 1.77 bits per heavy atom. The maximum atomic E-state index is 10.5. The van der Waals surface area contributed by atoms with Gasteiger partial charge in [-0.05, 0) is 13.0 Å². The molecule has 0 saturated heterocycles. The molecule has 0 radical (unpaired) electrons. The van der Waals surface area contributed by atoms with Crippen molar-refractivity contribution in [2.75, 3.05) is 19.6 Å². The molecule has 76 valence electrons. The van der Waals surface area contributed by atoms with Gasteiger partial charge in [0.25, 0.3) is 0 Å². The number of nitrogens with zero attached hydrogens (tertiary/aromatic N) is 1. The van der Waals surface area contributed by atoms with Gasteiger partial charge in [0.15, 0.2) is 0 Å². The molecule has 0 bridgehead atoms. The Morgan fingerprint density at radius 2 is 2.38 bits per heavy atom. The third-order valence-electron chi connectivity index (χ3n) is 1.70. The second-order valence-corrected chi connectivity index (χ2v) is 2.99. The highest BCUT2D eigenvalue weighted by molar-refractivity contribution is 5.73.